The average molecular weight is 390 g/mol. The molecular weight excluding hydrogens is 368 g/mol. The number of hydrogen-bond donors (Lipinski definition) is 1. The van der Waals surface area contributed by atoms with Crippen LogP contribution in [0.15, 0.2) is 42.5 Å². The lowest BCUT2D eigenvalue weighted by atomic mass is 10.2. The highest BCUT2D eigenvalue weighted by atomic mass is 32.1. The number of amides is 1. The number of fused-ring (bicyclic) bond motifs is 1. The molecule has 1 aromatic heterocycles. The summed E-state index contributed by atoms with van der Waals surface area (Å²) in [5.74, 6) is -1.34. The predicted molar refractivity (Wildman–Crippen MR) is 105 cm³/mol. The zero-order valence-corrected chi connectivity index (χ0v) is 16.2. The first kappa shape index (κ1) is 19.4. The molecule has 1 N–H and O–H groups in total. The summed E-state index contributed by atoms with van der Waals surface area (Å²) in [6.45, 7) is 7.17. The number of nitrogens with zero attached hydrogens (tertiary/aromatic N) is 2. The van der Waals surface area contributed by atoms with Gasteiger partial charge in [0.2, 0.25) is 0 Å². The molecule has 27 heavy (non-hydrogen) atoms. The van der Waals surface area contributed by atoms with E-state index in [-0.39, 0.29) is 11.4 Å². The van der Waals surface area contributed by atoms with Crippen molar-refractivity contribution in [2.75, 3.05) is 31.1 Å². The number of benzene rings is 2. The van der Waals surface area contributed by atoms with E-state index in [4.69, 9.17) is 0 Å². The predicted octanol–water partition coefficient (Wildman–Crippen LogP) is 3.15. The molecule has 2 aromatic carbocycles. The lowest BCUT2D eigenvalue weighted by Crippen LogP contribution is -3.12. The molecule has 7 heteroatoms. The molecule has 1 amide bonds. The van der Waals surface area contributed by atoms with Crippen molar-refractivity contribution in [3.05, 3.63) is 59.7 Å². The van der Waals surface area contributed by atoms with Crippen LogP contribution in [0.5, 0.6) is 0 Å². The van der Waals surface area contributed by atoms with Crippen LogP contribution in [0.2, 0.25) is 0 Å². The number of likely N-dealkylation sites (N-methyl/N-ethyl adjacent to an activating group) is 1. The number of carbonyl (C=O) groups excluding carboxylic acids is 1. The van der Waals surface area contributed by atoms with Gasteiger partial charge in [0.25, 0.3) is 5.91 Å². The molecule has 0 aliphatic rings. The highest BCUT2D eigenvalue weighted by Crippen LogP contribution is 2.30. The molecule has 0 saturated carbocycles. The molecule has 0 spiro atoms. The number of rotatable bonds is 7. The van der Waals surface area contributed by atoms with Gasteiger partial charge in [-0.15, -0.1) is 0 Å². The Morgan fingerprint density at radius 3 is 2.59 bits per heavy atom. The molecule has 0 bridgehead atoms. The molecule has 0 saturated heterocycles. The van der Waals surface area contributed by atoms with Crippen molar-refractivity contribution >= 4 is 32.6 Å². The maximum atomic E-state index is 14.2. The largest absolute Gasteiger partial charge is 0.334 e. The second-order valence-corrected chi connectivity index (χ2v) is 7.26. The minimum absolute atomic E-state index is 0.0116. The van der Waals surface area contributed by atoms with Gasteiger partial charge in [-0.3, -0.25) is 9.69 Å². The summed E-state index contributed by atoms with van der Waals surface area (Å²) in [5.41, 5.74) is 0.635. The summed E-state index contributed by atoms with van der Waals surface area (Å²) >= 11 is 1.24. The van der Waals surface area contributed by atoms with Crippen LogP contribution >= 0.6 is 11.3 Å². The Morgan fingerprint density at radius 1 is 1.15 bits per heavy atom. The molecule has 3 rings (SSSR count). The van der Waals surface area contributed by atoms with E-state index in [0.717, 1.165) is 19.6 Å². The fourth-order valence-electron chi connectivity index (χ4n) is 2.94. The summed E-state index contributed by atoms with van der Waals surface area (Å²) in [5, 5.41) is 0.454. The molecule has 0 aliphatic heterocycles. The molecule has 0 atom stereocenters. The van der Waals surface area contributed by atoms with Gasteiger partial charge in [0.1, 0.15) is 11.6 Å². The van der Waals surface area contributed by atoms with E-state index in [1.807, 2.05) is 0 Å². The number of anilines is 1. The van der Waals surface area contributed by atoms with Gasteiger partial charge >= 0.3 is 0 Å². The van der Waals surface area contributed by atoms with Crippen molar-refractivity contribution in [1.82, 2.24) is 4.98 Å². The Labute approximate surface area is 161 Å². The van der Waals surface area contributed by atoms with Crippen molar-refractivity contribution in [2.45, 2.75) is 13.8 Å². The van der Waals surface area contributed by atoms with Crippen molar-refractivity contribution < 1.29 is 18.5 Å². The van der Waals surface area contributed by atoms with Crippen LogP contribution in [-0.2, 0) is 0 Å². The molecule has 0 aliphatic carbocycles. The summed E-state index contributed by atoms with van der Waals surface area (Å²) in [6, 6.07) is 10.3. The van der Waals surface area contributed by atoms with Crippen molar-refractivity contribution in [2.24, 2.45) is 0 Å². The summed E-state index contributed by atoms with van der Waals surface area (Å²) in [6.07, 6.45) is 0. The first-order valence-electron chi connectivity index (χ1n) is 8.99. The van der Waals surface area contributed by atoms with E-state index >= 15 is 0 Å². The van der Waals surface area contributed by atoms with Crippen LogP contribution in [-0.4, -0.2) is 37.1 Å². The Morgan fingerprint density at radius 2 is 1.89 bits per heavy atom. The molecule has 1 heterocycles. The molecule has 3 aromatic rings. The Hall–Kier alpha value is -2.38. The standard InChI is InChI=1S/C20H21F2N3OS/c1-3-24(4-2)11-12-25(19(26)15-7-5-6-8-16(15)22)20-23-17-10-9-14(21)13-18(17)27-20/h5-10,13H,3-4,11-12H2,1-2H3/p+1. The van der Waals surface area contributed by atoms with E-state index in [2.05, 4.69) is 18.8 Å². The topological polar surface area (TPSA) is 37.6 Å². The van der Waals surface area contributed by atoms with Gasteiger partial charge in [-0.1, -0.05) is 23.5 Å². The summed E-state index contributed by atoms with van der Waals surface area (Å²) < 4.78 is 28.4. The molecule has 0 fully saturated rings. The minimum Gasteiger partial charge on any atom is -0.334 e. The van der Waals surface area contributed by atoms with Crippen LogP contribution in [0.1, 0.15) is 24.2 Å². The van der Waals surface area contributed by atoms with Crippen LogP contribution < -0.4 is 9.80 Å². The van der Waals surface area contributed by atoms with Crippen LogP contribution in [0.25, 0.3) is 10.2 Å². The average Bonchev–Trinajstić information content (AvgIpc) is 3.08. The number of thiazole rings is 1. The van der Waals surface area contributed by atoms with Gasteiger partial charge in [-0.25, -0.2) is 13.8 Å². The quantitative estimate of drug-likeness (QED) is 0.673. The highest BCUT2D eigenvalue weighted by Gasteiger charge is 2.24. The second kappa shape index (κ2) is 8.54. The van der Waals surface area contributed by atoms with E-state index in [1.54, 1.807) is 18.2 Å². The molecular formula is C20H22F2N3OS+. The zero-order valence-electron chi connectivity index (χ0n) is 15.3. The summed E-state index contributed by atoms with van der Waals surface area (Å²) in [4.78, 5) is 20.4. The third-order valence-corrected chi connectivity index (χ3v) is 5.65. The number of nitrogens with one attached hydrogen (secondary N) is 1. The Bertz CT molecular complexity index is 940. The van der Waals surface area contributed by atoms with Crippen LogP contribution in [0, 0.1) is 11.6 Å². The summed E-state index contributed by atoms with van der Waals surface area (Å²) in [7, 11) is 0. The van der Waals surface area contributed by atoms with Crippen molar-refractivity contribution in [3.63, 3.8) is 0 Å². The zero-order chi connectivity index (χ0) is 19.4. The van der Waals surface area contributed by atoms with Crippen molar-refractivity contribution in [1.29, 1.82) is 0 Å². The molecule has 0 radical (unpaired) electrons. The van der Waals surface area contributed by atoms with E-state index in [1.165, 1.54) is 45.4 Å². The van der Waals surface area contributed by atoms with E-state index in [9.17, 15) is 13.6 Å². The van der Waals surface area contributed by atoms with Crippen LogP contribution in [0.4, 0.5) is 13.9 Å². The Balaban J connectivity index is 1.97. The number of quaternary nitrogens is 1. The third-order valence-electron chi connectivity index (χ3n) is 4.61. The normalized spacial score (nSPS) is 11.3. The molecule has 142 valence electrons. The Kier molecular flexibility index (Phi) is 6.13. The van der Waals surface area contributed by atoms with Gasteiger partial charge in [0.15, 0.2) is 5.13 Å². The fraction of sp³-hybridized carbons (Fsp3) is 0.300. The maximum absolute atomic E-state index is 14.2. The highest BCUT2D eigenvalue weighted by molar-refractivity contribution is 7.22. The van der Waals surface area contributed by atoms with Gasteiger partial charge in [0.05, 0.1) is 42.0 Å². The van der Waals surface area contributed by atoms with Crippen LogP contribution in [0.3, 0.4) is 0 Å². The van der Waals surface area contributed by atoms with Crippen molar-refractivity contribution in [3.8, 4) is 0 Å². The minimum atomic E-state index is -0.560. The molecule has 4 nitrogen and oxygen atoms in total. The number of halogens is 2. The SMILES string of the molecule is CC[NH+](CC)CCN(C(=O)c1ccccc1F)c1nc2ccc(F)cc2s1. The van der Waals surface area contributed by atoms with Gasteiger partial charge in [-0.2, -0.15) is 0 Å². The van der Waals surface area contributed by atoms with Gasteiger partial charge in [-0.05, 0) is 44.2 Å². The molecule has 0 unspecified atom stereocenters. The lowest BCUT2D eigenvalue weighted by molar-refractivity contribution is -0.894. The maximum Gasteiger partial charge on any atom is 0.263 e. The fourth-order valence-corrected chi connectivity index (χ4v) is 3.95. The monoisotopic (exact) mass is 390 g/mol. The second-order valence-electron chi connectivity index (χ2n) is 6.25. The lowest BCUT2D eigenvalue weighted by Gasteiger charge is -2.23. The number of aromatic nitrogens is 1. The van der Waals surface area contributed by atoms with Gasteiger partial charge < -0.3 is 4.90 Å². The van der Waals surface area contributed by atoms with Gasteiger partial charge in [0, 0.05) is 0 Å². The van der Waals surface area contributed by atoms with E-state index < -0.39 is 11.7 Å². The smallest absolute Gasteiger partial charge is 0.263 e. The first-order chi connectivity index (χ1) is 13.0. The number of carbonyl (C=O) groups is 1. The number of hydrogen-bond acceptors (Lipinski definition) is 3. The third kappa shape index (κ3) is 4.31. The first-order valence-corrected chi connectivity index (χ1v) is 9.81. The van der Waals surface area contributed by atoms with E-state index in [0.29, 0.717) is 21.9 Å².